The Morgan fingerprint density at radius 1 is 0.900 bits per heavy atom. The zero-order valence-electron chi connectivity index (χ0n) is 20.0. The molecule has 0 rings (SSSR count). The number of carbonyl (C=O) groups excluding carboxylic acids is 1. The second kappa shape index (κ2) is 22.5. The van der Waals surface area contributed by atoms with Crippen LogP contribution in [0.4, 0.5) is 0 Å². The molecule has 9 heteroatoms. The molecule has 174 valence electrons. The molecule has 3 N–H and O–H groups in total. The molecule has 0 aliphatic heterocycles. The minimum Gasteiger partial charge on any atom is -1.00 e. The normalized spacial score (nSPS) is 12.7. The van der Waals surface area contributed by atoms with Crippen LogP contribution in [0, 0.1) is 0 Å². The van der Waals surface area contributed by atoms with Gasteiger partial charge in [-0.1, -0.05) is 70.4 Å². The van der Waals surface area contributed by atoms with Gasteiger partial charge in [-0.15, -0.1) is 0 Å². The van der Waals surface area contributed by atoms with Crippen molar-refractivity contribution < 1.29 is 64.5 Å². The molecule has 0 aliphatic rings. The number of rotatable bonds is 20. The van der Waals surface area contributed by atoms with Gasteiger partial charge in [0.2, 0.25) is 0 Å². The Balaban J connectivity index is -0.00000392. The van der Waals surface area contributed by atoms with Crippen molar-refractivity contribution >= 4 is 13.8 Å². The molecule has 0 aromatic rings. The minimum absolute atomic E-state index is 0. The summed E-state index contributed by atoms with van der Waals surface area (Å²) in [5, 5.41) is 9.41. The molecule has 0 aromatic heterocycles. The number of hydrogen-bond acceptors (Lipinski definition) is 5. The Labute approximate surface area is 206 Å². The van der Waals surface area contributed by atoms with Gasteiger partial charge < -0.3 is 21.1 Å². The molecular weight excluding hydrogens is 418 g/mol. The second-order valence-corrected chi connectivity index (χ2v) is 8.70. The van der Waals surface area contributed by atoms with Crippen molar-refractivity contribution in [3.05, 3.63) is 12.2 Å². The van der Waals surface area contributed by atoms with Gasteiger partial charge in [0, 0.05) is 6.42 Å². The van der Waals surface area contributed by atoms with Gasteiger partial charge in [0.25, 0.3) is 0 Å². The van der Waals surface area contributed by atoms with Crippen LogP contribution in [-0.2, 0) is 18.6 Å². The van der Waals surface area contributed by atoms with E-state index in [1.807, 2.05) is 0 Å². The first kappa shape index (κ1) is 32.5. The molecule has 0 radical (unpaired) electrons. The number of allylic oxidation sites excluding steroid dienone is 2. The Hall–Kier alpha value is 0.280. The van der Waals surface area contributed by atoms with Crippen LogP contribution in [0.2, 0.25) is 0 Å². The number of carbonyl (C=O) groups is 1. The standard InChI is InChI=1S/C21H41O7P.Na.H/c1-2-3-4-5-6-7-8-9-10-11-12-13-14-15-16-17-21(23)27-18-20(22)19-28-29(24,25)26;;/h9-10,20,22H,2-8,11-19H2,1H3,(H2,24,25,26);;/q;+1;-1/b10-9-;;/t20-;;/m1../s1. The van der Waals surface area contributed by atoms with Gasteiger partial charge in [0.15, 0.2) is 0 Å². The fourth-order valence-corrected chi connectivity index (χ4v) is 3.20. The first-order chi connectivity index (χ1) is 13.8. The van der Waals surface area contributed by atoms with Gasteiger partial charge in [-0.2, -0.15) is 0 Å². The summed E-state index contributed by atoms with van der Waals surface area (Å²) in [5.74, 6) is -0.419. The van der Waals surface area contributed by atoms with E-state index >= 15 is 0 Å². The van der Waals surface area contributed by atoms with Crippen molar-refractivity contribution in [2.75, 3.05) is 13.2 Å². The molecule has 0 saturated carbocycles. The summed E-state index contributed by atoms with van der Waals surface area (Å²) in [4.78, 5) is 28.6. The summed E-state index contributed by atoms with van der Waals surface area (Å²) in [6, 6.07) is 0. The van der Waals surface area contributed by atoms with Crippen LogP contribution in [0.25, 0.3) is 0 Å². The molecule has 0 saturated heterocycles. The van der Waals surface area contributed by atoms with Crippen molar-refractivity contribution in [1.82, 2.24) is 0 Å². The average Bonchev–Trinajstić information content (AvgIpc) is 2.67. The molecule has 0 aromatic carbocycles. The topological polar surface area (TPSA) is 113 Å². The molecule has 7 nitrogen and oxygen atoms in total. The summed E-state index contributed by atoms with van der Waals surface area (Å²) in [6.07, 6.45) is 19.0. The van der Waals surface area contributed by atoms with E-state index in [0.717, 1.165) is 32.1 Å². The predicted molar refractivity (Wildman–Crippen MR) is 116 cm³/mol. The maximum absolute atomic E-state index is 11.5. The van der Waals surface area contributed by atoms with Crippen molar-refractivity contribution in [1.29, 1.82) is 0 Å². The summed E-state index contributed by atoms with van der Waals surface area (Å²) in [7, 11) is -4.62. The van der Waals surface area contributed by atoms with Gasteiger partial charge >= 0.3 is 43.3 Å². The first-order valence-electron chi connectivity index (χ1n) is 11.0. The van der Waals surface area contributed by atoms with Crippen LogP contribution in [-0.4, -0.2) is 40.2 Å². The number of esters is 1. The van der Waals surface area contributed by atoms with Crippen LogP contribution in [0.3, 0.4) is 0 Å². The fraction of sp³-hybridized carbons (Fsp3) is 0.857. The third-order valence-electron chi connectivity index (χ3n) is 4.51. The van der Waals surface area contributed by atoms with Gasteiger partial charge in [-0.3, -0.25) is 9.32 Å². The number of aliphatic hydroxyl groups is 1. The van der Waals surface area contributed by atoms with Crippen molar-refractivity contribution in [3.8, 4) is 0 Å². The van der Waals surface area contributed by atoms with Crippen LogP contribution in [0.15, 0.2) is 12.2 Å². The van der Waals surface area contributed by atoms with Crippen molar-refractivity contribution in [2.24, 2.45) is 0 Å². The maximum Gasteiger partial charge on any atom is 1.00 e. The molecule has 0 unspecified atom stereocenters. The Morgan fingerprint density at radius 3 is 1.93 bits per heavy atom. The van der Waals surface area contributed by atoms with Gasteiger partial charge in [0.1, 0.15) is 12.7 Å². The van der Waals surface area contributed by atoms with E-state index in [1.165, 1.54) is 51.4 Å². The summed E-state index contributed by atoms with van der Waals surface area (Å²) < 4.78 is 19.5. The average molecular weight is 461 g/mol. The second-order valence-electron chi connectivity index (χ2n) is 7.46. The Morgan fingerprint density at radius 2 is 1.40 bits per heavy atom. The van der Waals surface area contributed by atoms with Gasteiger partial charge in [-0.05, 0) is 32.1 Å². The van der Waals surface area contributed by atoms with E-state index in [4.69, 9.17) is 14.5 Å². The summed E-state index contributed by atoms with van der Waals surface area (Å²) >= 11 is 0. The van der Waals surface area contributed by atoms with Gasteiger partial charge in [-0.25, -0.2) is 4.57 Å². The quantitative estimate of drug-likeness (QED) is 0.0839. The molecule has 0 spiro atoms. The van der Waals surface area contributed by atoms with E-state index in [1.54, 1.807) is 0 Å². The number of hydrogen-bond donors (Lipinski definition) is 3. The molecule has 1 atom stereocenters. The number of ether oxygens (including phenoxy) is 1. The smallest absolute Gasteiger partial charge is 1.00 e. The van der Waals surface area contributed by atoms with Crippen LogP contribution in [0.1, 0.15) is 98.2 Å². The molecule has 0 amide bonds. The van der Waals surface area contributed by atoms with E-state index < -0.39 is 26.5 Å². The largest absolute Gasteiger partial charge is 1.00 e. The van der Waals surface area contributed by atoms with E-state index in [-0.39, 0.29) is 44.0 Å². The molecule has 0 bridgehead atoms. The third kappa shape index (κ3) is 26.3. The van der Waals surface area contributed by atoms with Crippen molar-refractivity contribution in [3.63, 3.8) is 0 Å². The van der Waals surface area contributed by atoms with Crippen LogP contribution < -0.4 is 29.6 Å². The molecule has 0 aliphatic carbocycles. The summed E-state index contributed by atoms with van der Waals surface area (Å²) in [6.45, 7) is 1.33. The Kier molecular flexibility index (Phi) is 24.3. The van der Waals surface area contributed by atoms with Crippen LogP contribution in [0.5, 0.6) is 0 Å². The monoisotopic (exact) mass is 460 g/mol. The molecule has 30 heavy (non-hydrogen) atoms. The Bertz CT molecular complexity index is 475. The first-order valence-corrected chi connectivity index (χ1v) is 12.6. The van der Waals surface area contributed by atoms with Crippen LogP contribution >= 0.6 is 7.82 Å². The maximum atomic E-state index is 11.5. The molecular formula is C21H42NaO7P. The van der Waals surface area contributed by atoms with E-state index in [0.29, 0.717) is 0 Å². The summed E-state index contributed by atoms with van der Waals surface area (Å²) in [5.41, 5.74) is 0. The van der Waals surface area contributed by atoms with Crippen molar-refractivity contribution in [2.45, 2.75) is 103 Å². The SMILES string of the molecule is CCCCCCCC/C=C\CCCCCCCC(=O)OC[C@@H](O)COP(=O)(O)O.[H-].[Na+]. The number of aliphatic hydroxyl groups excluding tert-OH is 1. The zero-order chi connectivity index (χ0) is 21.8. The van der Waals surface area contributed by atoms with E-state index in [9.17, 15) is 14.5 Å². The predicted octanol–water partition coefficient (Wildman–Crippen LogP) is 2.15. The van der Waals surface area contributed by atoms with Gasteiger partial charge in [0.05, 0.1) is 6.61 Å². The minimum atomic E-state index is -4.62. The number of phosphoric acid groups is 1. The number of unbranched alkanes of at least 4 members (excludes halogenated alkanes) is 11. The molecule has 0 heterocycles. The third-order valence-corrected chi connectivity index (χ3v) is 5.00. The fourth-order valence-electron chi connectivity index (χ4n) is 2.83. The van der Waals surface area contributed by atoms with E-state index in [2.05, 4.69) is 23.6 Å². The zero-order valence-corrected chi connectivity index (χ0v) is 21.9. The number of phosphoric ester groups is 1. The molecule has 0 fully saturated rings.